The predicted octanol–water partition coefficient (Wildman–Crippen LogP) is 3.11. The molecule has 0 aliphatic carbocycles. The third-order valence-electron chi connectivity index (χ3n) is 1.94. The quantitative estimate of drug-likeness (QED) is 0.329. The summed E-state index contributed by atoms with van der Waals surface area (Å²) in [7, 11) is 0. The van der Waals surface area contributed by atoms with E-state index >= 15 is 0 Å². The Morgan fingerprint density at radius 2 is 1.88 bits per heavy atom. The Balaban J connectivity index is 3.50. The SMILES string of the molecule is CCCCCCC(C)OC(=O)OOC(=O)O. The van der Waals surface area contributed by atoms with Gasteiger partial charge in [-0.1, -0.05) is 26.2 Å². The van der Waals surface area contributed by atoms with Crippen LogP contribution in [0.1, 0.15) is 46.0 Å². The molecule has 0 aromatic rings. The highest BCUT2D eigenvalue weighted by molar-refractivity contribution is 5.62. The second-order valence-electron chi connectivity index (χ2n) is 3.46. The lowest BCUT2D eigenvalue weighted by atomic mass is 10.1. The van der Waals surface area contributed by atoms with Crippen molar-refractivity contribution in [2.75, 3.05) is 0 Å². The summed E-state index contributed by atoms with van der Waals surface area (Å²) in [6.07, 6.45) is 1.94. The van der Waals surface area contributed by atoms with Gasteiger partial charge in [-0.25, -0.2) is 9.68 Å². The zero-order valence-corrected chi connectivity index (χ0v) is 9.60. The molecule has 0 fully saturated rings. The molecule has 94 valence electrons. The average molecular weight is 234 g/mol. The predicted molar refractivity (Wildman–Crippen MR) is 54.9 cm³/mol. The van der Waals surface area contributed by atoms with Crippen molar-refractivity contribution in [3.8, 4) is 0 Å². The van der Waals surface area contributed by atoms with Crippen LogP contribution in [0.2, 0.25) is 0 Å². The highest BCUT2D eigenvalue weighted by Gasteiger charge is 2.13. The first kappa shape index (κ1) is 14.5. The summed E-state index contributed by atoms with van der Waals surface area (Å²) in [4.78, 5) is 28.1. The van der Waals surface area contributed by atoms with Crippen molar-refractivity contribution in [2.45, 2.75) is 52.1 Å². The van der Waals surface area contributed by atoms with E-state index in [0.717, 1.165) is 32.1 Å². The molecule has 0 aliphatic rings. The van der Waals surface area contributed by atoms with Gasteiger partial charge in [0.15, 0.2) is 0 Å². The molecule has 6 nitrogen and oxygen atoms in total. The van der Waals surface area contributed by atoms with E-state index in [0.29, 0.717) is 0 Å². The molecular formula is C10H18O6. The van der Waals surface area contributed by atoms with Crippen molar-refractivity contribution in [1.29, 1.82) is 0 Å². The zero-order valence-electron chi connectivity index (χ0n) is 9.60. The molecule has 0 bridgehead atoms. The Morgan fingerprint density at radius 3 is 2.44 bits per heavy atom. The normalized spacial score (nSPS) is 11.6. The Labute approximate surface area is 94.4 Å². The fraction of sp³-hybridized carbons (Fsp3) is 0.800. The number of hydrogen-bond donors (Lipinski definition) is 1. The summed E-state index contributed by atoms with van der Waals surface area (Å²) in [5.74, 6) is 0. The Kier molecular flexibility index (Phi) is 8.01. The van der Waals surface area contributed by atoms with Gasteiger partial charge in [-0.15, -0.1) is 0 Å². The van der Waals surface area contributed by atoms with Crippen molar-refractivity contribution in [1.82, 2.24) is 0 Å². The van der Waals surface area contributed by atoms with Crippen molar-refractivity contribution in [3.63, 3.8) is 0 Å². The lowest BCUT2D eigenvalue weighted by Gasteiger charge is -2.10. The first-order valence-corrected chi connectivity index (χ1v) is 5.34. The molecule has 1 atom stereocenters. The molecule has 0 saturated heterocycles. The van der Waals surface area contributed by atoms with E-state index in [2.05, 4.69) is 16.7 Å². The van der Waals surface area contributed by atoms with Crippen LogP contribution in [0.4, 0.5) is 9.59 Å². The fourth-order valence-electron chi connectivity index (χ4n) is 1.17. The number of carboxylic acid groups (broad SMARTS) is 1. The molecule has 16 heavy (non-hydrogen) atoms. The van der Waals surface area contributed by atoms with Crippen LogP contribution in [0.5, 0.6) is 0 Å². The maximum Gasteiger partial charge on any atom is 0.550 e. The molecule has 1 N–H and O–H groups in total. The van der Waals surface area contributed by atoms with Crippen molar-refractivity contribution in [3.05, 3.63) is 0 Å². The smallest absolute Gasteiger partial charge is 0.447 e. The lowest BCUT2D eigenvalue weighted by Crippen LogP contribution is -2.17. The molecule has 0 amide bonds. The minimum atomic E-state index is -1.69. The van der Waals surface area contributed by atoms with Gasteiger partial charge >= 0.3 is 12.3 Å². The molecule has 0 spiro atoms. The monoisotopic (exact) mass is 234 g/mol. The lowest BCUT2D eigenvalue weighted by molar-refractivity contribution is -0.216. The van der Waals surface area contributed by atoms with Gasteiger partial charge in [0.25, 0.3) is 0 Å². The van der Waals surface area contributed by atoms with Gasteiger partial charge in [-0.2, -0.15) is 9.68 Å². The van der Waals surface area contributed by atoms with Gasteiger partial charge < -0.3 is 9.84 Å². The molecule has 6 heteroatoms. The third kappa shape index (κ3) is 9.11. The van der Waals surface area contributed by atoms with Crippen LogP contribution in [-0.4, -0.2) is 23.5 Å². The average Bonchev–Trinajstić information content (AvgIpc) is 2.21. The van der Waals surface area contributed by atoms with Crippen LogP contribution in [0.3, 0.4) is 0 Å². The summed E-state index contributed by atoms with van der Waals surface area (Å²) in [5, 5.41) is 8.04. The van der Waals surface area contributed by atoms with Gasteiger partial charge in [0.2, 0.25) is 0 Å². The van der Waals surface area contributed by atoms with Gasteiger partial charge in [0.05, 0.1) is 0 Å². The van der Waals surface area contributed by atoms with E-state index in [9.17, 15) is 9.59 Å². The zero-order chi connectivity index (χ0) is 12.4. The highest BCUT2D eigenvalue weighted by Crippen LogP contribution is 2.08. The third-order valence-corrected chi connectivity index (χ3v) is 1.94. The number of carbonyl (C=O) groups is 2. The van der Waals surface area contributed by atoms with Crippen molar-refractivity contribution in [2.24, 2.45) is 0 Å². The number of hydrogen-bond acceptors (Lipinski definition) is 5. The van der Waals surface area contributed by atoms with Crippen molar-refractivity contribution < 1.29 is 29.2 Å². The topological polar surface area (TPSA) is 82.1 Å². The Morgan fingerprint density at radius 1 is 1.19 bits per heavy atom. The molecule has 1 unspecified atom stereocenters. The van der Waals surface area contributed by atoms with Crippen LogP contribution < -0.4 is 0 Å². The summed E-state index contributed by atoms with van der Waals surface area (Å²) in [6.45, 7) is 3.83. The minimum Gasteiger partial charge on any atom is -0.447 e. The first-order chi connectivity index (χ1) is 7.56. The Hall–Kier alpha value is -1.46. The number of rotatable bonds is 6. The molecule has 0 aromatic heterocycles. The largest absolute Gasteiger partial charge is 0.550 e. The van der Waals surface area contributed by atoms with E-state index < -0.39 is 12.3 Å². The highest BCUT2D eigenvalue weighted by atomic mass is 17.3. The molecule has 0 rings (SSSR count). The van der Waals surface area contributed by atoms with Crippen LogP contribution in [-0.2, 0) is 14.5 Å². The molecule has 0 aromatic carbocycles. The standard InChI is InChI=1S/C10H18O6/c1-3-4-5-6-7-8(2)14-10(13)16-15-9(11)12/h8H,3-7H2,1-2H3,(H,11,12). The summed E-state index contributed by atoms with van der Waals surface area (Å²) < 4.78 is 4.73. The van der Waals surface area contributed by atoms with Crippen LogP contribution >= 0.6 is 0 Å². The van der Waals surface area contributed by atoms with Crippen LogP contribution in [0.25, 0.3) is 0 Å². The second kappa shape index (κ2) is 8.82. The molecule has 0 aliphatic heterocycles. The minimum absolute atomic E-state index is 0.304. The summed E-state index contributed by atoms with van der Waals surface area (Å²) in [6, 6.07) is 0. The Bertz CT molecular complexity index is 215. The second-order valence-corrected chi connectivity index (χ2v) is 3.46. The van der Waals surface area contributed by atoms with E-state index in [1.54, 1.807) is 6.92 Å². The summed E-state index contributed by atoms with van der Waals surface area (Å²) >= 11 is 0. The van der Waals surface area contributed by atoms with Gasteiger partial charge in [-0.3, -0.25) is 0 Å². The molecule has 0 radical (unpaired) electrons. The van der Waals surface area contributed by atoms with E-state index in [1.807, 2.05) is 0 Å². The molecule has 0 saturated carbocycles. The number of carbonyl (C=O) groups excluding carboxylic acids is 1. The van der Waals surface area contributed by atoms with Crippen molar-refractivity contribution >= 4 is 12.3 Å². The van der Waals surface area contributed by atoms with E-state index in [-0.39, 0.29) is 6.10 Å². The number of ether oxygens (including phenoxy) is 1. The van der Waals surface area contributed by atoms with Crippen LogP contribution in [0.15, 0.2) is 0 Å². The maximum atomic E-state index is 10.8. The summed E-state index contributed by atoms with van der Waals surface area (Å²) in [5.41, 5.74) is 0. The number of unbranched alkanes of at least 4 members (excludes halogenated alkanes) is 3. The van der Waals surface area contributed by atoms with E-state index in [1.165, 1.54) is 0 Å². The van der Waals surface area contributed by atoms with Gasteiger partial charge in [-0.05, 0) is 19.8 Å². The maximum absolute atomic E-state index is 10.8. The fourth-order valence-corrected chi connectivity index (χ4v) is 1.17. The molecule has 0 heterocycles. The van der Waals surface area contributed by atoms with Crippen LogP contribution in [0, 0.1) is 0 Å². The van der Waals surface area contributed by atoms with E-state index in [4.69, 9.17) is 9.84 Å². The first-order valence-electron chi connectivity index (χ1n) is 5.34. The van der Waals surface area contributed by atoms with Gasteiger partial charge in [0, 0.05) is 0 Å². The van der Waals surface area contributed by atoms with Gasteiger partial charge in [0.1, 0.15) is 6.10 Å². The molecular weight excluding hydrogens is 216 g/mol.